The summed E-state index contributed by atoms with van der Waals surface area (Å²) in [6.45, 7) is 5.33. The smallest absolute Gasteiger partial charge is 0.416 e. The zero-order chi connectivity index (χ0) is 36.3. The molecule has 0 radical (unpaired) electrons. The van der Waals surface area contributed by atoms with Gasteiger partial charge in [-0.1, -0.05) is 44.2 Å². The highest BCUT2D eigenvalue weighted by molar-refractivity contribution is 6.06. The molecule has 4 aromatic carbocycles. The number of Topliss-reactive ketones (excluding diaryl/α,β-unsaturated/α-hetero) is 1. The molecule has 0 amide bonds. The Kier molecular flexibility index (Phi) is 12.2. The summed E-state index contributed by atoms with van der Waals surface area (Å²) in [7, 11) is 5.00. The van der Waals surface area contributed by atoms with Crippen LogP contribution in [0.25, 0.3) is 0 Å². The van der Waals surface area contributed by atoms with E-state index in [9.17, 15) is 18.0 Å². The highest BCUT2D eigenvalue weighted by Crippen LogP contribution is 2.50. The van der Waals surface area contributed by atoms with E-state index in [1.807, 2.05) is 55.6 Å². The Labute approximate surface area is 307 Å². The van der Waals surface area contributed by atoms with Crippen LogP contribution >= 0.6 is 12.4 Å². The van der Waals surface area contributed by atoms with E-state index in [1.54, 1.807) is 20.3 Å². The maximum atomic E-state index is 13.5. The van der Waals surface area contributed by atoms with Crippen LogP contribution in [0.2, 0.25) is 0 Å². The third kappa shape index (κ3) is 8.05. The predicted octanol–water partition coefficient (Wildman–Crippen LogP) is 8.64. The molecule has 0 spiro atoms. The maximum Gasteiger partial charge on any atom is 0.416 e. The van der Waals surface area contributed by atoms with Crippen LogP contribution in [0.15, 0.2) is 78.9 Å². The van der Waals surface area contributed by atoms with Gasteiger partial charge in [0, 0.05) is 30.0 Å². The van der Waals surface area contributed by atoms with Crippen molar-refractivity contribution in [2.75, 3.05) is 34.4 Å². The number of carbonyl (C=O) groups is 1. The largest absolute Gasteiger partial charge is 0.493 e. The van der Waals surface area contributed by atoms with Crippen LogP contribution in [0.5, 0.6) is 34.5 Å². The van der Waals surface area contributed by atoms with Crippen LogP contribution in [-0.2, 0) is 12.6 Å². The van der Waals surface area contributed by atoms with Gasteiger partial charge in [0.1, 0.15) is 47.9 Å². The van der Waals surface area contributed by atoms with Gasteiger partial charge >= 0.3 is 6.18 Å². The normalized spacial score (nSPS) is 18.7. The fourth-order valence-corrected chi connectivity index (χ4v) is 6.59. The summed E-state index contributed by atoms with van der Waals surface area (Å²) in [5.41, 5.74) is 2.70. The maximum absolute atomic E-state index is 13.5. The molecule has 3 aliphatic rings. The first-order valence-electron chi connectivity index (χ1n) is 17.0. The monoisotopic (exact) mass is 741 g/mol. The lowest BCUT2D eigenvalue weighted by atomic mass is 9.81. The fourth-order valence-electron chi connectivity index (χ4n) is 6.59. The number of rotatable bonds is 9. The van der Waals surface area contributed by atoms with E-state index in [-0.39, 0.29) is 36.5 Å². The Morgan fingerprint density at radius 3 is 2.23 bits per heavy atom. The van der Waals surface area contributed by atoms with Crippen LogP contribution < -0.4 is 33.7 Å². The molecule has 12 heteroatoms. The molecule has 4 aromatic rings. The van der Waals surface area contributed by atoms with Crippen molar-refractivity contribution in [2.24, 2.45) is 5.92 Å². The lowest BCUT2D eigenvalue weighted by Gasteiger charge is -2.37. The van der Waals surface area contributed by atoms with Gasteiger partial charge in [0.2, 0.25) is 0 Å². The third-order valence-corrected chi connectivity index (χ3v) is 9.38. The molecule has 7 rings (SSSR count). The molecule has 0 aromatic heterocycles. The van der Waals surface area contributed by atoms with Crippen LogP contribution in [-0.4, -0.2) is 52.4 Å². The Balaban J connectivity index is 0.000000205. The van der Waals surface area contributed by atoms with Gasteiger partial charge in [-0.15, -0.1) is 12.4 Å². The first-order chi connectivity index (χ1) is 24.5. The molecular weight excluding hydrogens is 699 g/mol. The average Bonchev–Trinajstić information content (AvgIpc) is 3.59. The van der Waals surface area contributed by atoms with Gasteiger partial charge < -0.3 is 33.7 Å². The molecule has 0 bridgehead atoms. The molecule has 0 saturated carbocycles. The van der Waals surface area contributed by atoms with E-state index in [1.165, 1.54) is 12.1 Å². The second kappa shape index (κ2) is 16.4. The molecule has 8 nitrogen and oxygen atoms in total. The number of hydrogen-bond acceptors (Lipinski definition) is 8. The van der Waals surface area contributed by atoms with Crippen LogP contribution in [0.1, 0.15) is 64.9 Å². The molecule has 0 aliphatic carbocycles. The minimum Gasteiger partial charge on any atom is -0.493 e. The molecule has 1 N–H and O–H groups in total. The average molecular weight is 742 g/mol. The van der Waals surface area contributed by atoms with Crippen molar-refractivity contribution >= 4 is 18.2 Å². The molecule has 3 heterocycles. The van der Waals surface area contributed by atoms with Crippen molar-refractivity contribution in [1.82, 2.24) is 5.32 Å². The number of fused-ring (bicyclic) bond motifs is 6. The van der Waals surface area contributed by atoms with Gasteiger partial charge in [0.05, 0.1) is 31.3 Å². The number of ketones is 1. The topological polar surface area (TPSA) is 84.5 Å². The second-order valence-corrected chi connectivity index (χ2v) is 13.0. The second-order valence-electron chi connectivity index (χ2n) is 13.0. The van der Waals surface area contributed by atoms with Crippen molar-refractivity contribution in [3.8, 4) is 34.5 Å². The third-order valence-electron chi connectivity index (χ3n) is 9.38. The number of hydrogen-bond donors (Lipinski definition) is 1. The Hall–Kier alpha value is -4.61. The zero-order valence-corrected chi connectivity index (χ0v) is 30.4. The van der Waals surface area contributed by atoms with Crippen LogP contribution in [0, 0.1) is 5.92 Å². The van der Waals surface area contributed by atoms with E-state index in [2.05, 4.69) is 19.2 Å². The van der Waals surface area contributed by atoms with Crippen molar-refractivity contribution < 1.29 is 46.4 Å². The number of benzene rings is 4. The van der Waals surface area contributed by atoms with Gasteiger partial charge in [-0.3, -0.25) is 4.79 Å². The van der Waals surface area contributed by atoms with E-state index in [4.69, 9.17) is 28.4 Å². The Morgan fingerprint density at radius 2 is 1.60 bits per heavy atom. The zero-order valence-electron chi connectivity index (χ0n) is 29.6. The first-order valence-corrected chi connectivity index (χ1v) is 17.0. The standard InChI is InChI=1S/C23H24O6.C17H18F3NO.ClH/c1-11(2)16-8-14-15(28-16)6-5-12-22(24)21-13-7-18(25-3)19(26-4)9-17(13)27-10-20(21)29-23(12)14;1-21-12-11-16(13-5-3-2-4-6-13)22-15-9-7-14(8-10-15)17(18,19)20;/h5-7,9,11,16,20-21H,8,10H2,1-4H3;2-10,16,21H,11-12H2,1H3;1H. The minimum absolute atomic E-state index is 0. The van der Waals surface area contributed by atoms with Gasteiger partial charge in [0.15, 0.2) is 17.3 Å². The van der Waals surface area contributed by atoms with Gasteiger partial charge in [0.25, 0.3) is 0 Å². The van der Waals surface area contributed by atoms with Crippen molar-refractivity contribution in [3.63, 3.8) is 0 Å². The number of nitrogens with one attached hydrogen (secondary N) is 1. The molecular formula is C40H43ClF3NO7. The SMILES string of the molecule is CNCCC(Oc1ccc(C(F)(F)F)cc1)c1ccccc1.COc1cc2c(cc1OC)C1C(=O)c3ccc4c(c3OC1CO2)CC(C(C)C)O4.Cl. The van der Waals surface area contributed by atoms with E-state index in [0.717, 1.165) is 54.0 Å². The number of halogens is 4. The minimum atomic E-state index is -4.33. The number of methoxy groups -OCH3 is 2. The Bertz CT molecular complexity index is 1840. The quantitative estimate of drug-likeness (QED) is 0.183. The van der Waals surface area contributed by atoms with Crippen LogP contribution in [0.4, 0.5) is 13.2 Å². The molecule has 4 atom stereocenters. The van der Waals surface area contributed by atoms with Crippen molar-refractivity contribution in [3.05, 3.63) is 107 Å². The summed E-state index contributed by atoms with van der Waals surface area (Å²) in [6, 6.07) is 21.8. The lowest BCUT2D eigenvalue weighted by Crippen LogP contribution is -2.43. The van der Waals surface area contributed by atoms with Crippen LogP contribution in [0.3, 0.4) is 0 Å². The Morgan fingerprint density at radius 1 is 0.904 bits per heavy atom. The van der Waals surface area contributed by atoms with Crippen molar-refractivity contribution in [1.29, 1.82) is 0 Å². The summed E-state index contributed by atoms with van der Waals surface area (Å²) >= 11 is 0. The lowest BCUT2D eigenvalue weighted by molar-refractivity contribution is -0.137. The highest BCUT2D eigenvalue weighted by atomic mass is 35.5. The van der Waals surface area contributed by atoms with E-state index >= 15 is 0 Å². The number of alkyl halides is 3. The highest BCUT2D eigenvalue weighted by Gasteiger charge is 2.45. The molecule has 4 unspecified atom stereocenters. The number of ether oxygens (including phenoxy) is 6. The van der Waals surface area contributed by atoms with Gasteiger partial charge in [-0.05, 0) is 67.5 Å². The molecule has 0 saturated heterocycles. The van der Waals surface area contributed by atoms with Gasteiger partial charge in [-0.2, -0.15) is 13.2 Å². The summed E-state index contributed by atoms with van der Waals surface area (Å²) in [5, 5.41) is 3.05. The summed E-state index contributed by atoms with van der Waals surface area (Å²) in [4.78, 5) is 13.5. The fraction of sp³-hybridized carbons (Fsp3) is 0.375. The molecule has 52 heavy (non-hydrogen) atoms. The molecule has 3 aliphatic heterocycles. The summed E-state index contributed by atoms with van der Waals surface area (Å²) in [5.74, 6) is 3.67. The number of carbonyl (C=O) groups excluding carboxylic acids is 1. The summed E-state index contributed by atoms with van der Waals surface area (Å²) in [6.07, 6.45) is -3.34. The first kappa shape index (κ1) is 38.6. The van der Waals surface area contributed by atoms with E-state index in [0.29, 0.717) is 46.8 Å². The molecule has 0 fully saturated rings. The van der Waals surface area contributed by atoms with Gasteiger partial charge in [-0.25, -0.2) is 0 Å². The summed E-state index contributed by atoms with van der Waals surface area (Å²) < 4.78 is 72.7. The van der Waals surface area contributed by atoms with E-state index < -0.39 is 17.7 Å². The van der Waals surface area contributed by atoms with Crippen molar-refractivity contribution in [2.45, 2.75) is 57.1 Å². The predicted molar refractivity (Wildman–Crippen MR) is 193 cm³/mol. The molecule has 278 valence electrons.